The quantitative estimate of drug-likeness (QED) is 0.415. The molecule has 0 atom stereocenters. The first kappa shape index (κ1) is 27.8. The standard InChI is InChI=1S/C29H32ClFN6O3/c1-28(2)16-36(19-7-8-20(30)21(31)13-19)26-25(28)34-22(15-33-26)27(39)37-11-10-35(17-29(37,3)4)23-9-6-18(14-32-23)12-24(38)40-5/h6-9,13-15H,10-12,16-17H2,1-5H3. The van der Waals surface area contributed by atoms with E-state index < -0.39 is 16.8 Å². The Labute approximate surface area is 237 Å². The van der Waals surface area contributed by atoms with E-state index in [2.05, 4.69) is 14.9 Å². The number of nitrogens with zero attached hydrogens (tertiary/aromatic N) is 6. The Balaban J connectivity index is 1.34. The van der Waals surface area contributed by atoms with Crippen molar-refractivity contribution < 1.29 is 18.7 Å². The van der Waals surface area contributed by atoms with Crippen LogP contribution < -0.4 is 9.80 Å². The number of ether oxygens (including phenoxy) is 1. The number of hydrogen-bond donors (Lipinski definition) is 0. The summed E-state index contributed by atoms with van der Waals surface area (Å²) in [6, 6.07) is 8.42. The van der Waals surface area contributed by atoms with Crippen LogP contribution in [0, 0.1) is 5.82 Å². The molecule has 40 heavy (non-hydrogen) atoms. The summed E-state index contributed by atoms with van der Waals surface area (Å²) in [6.07, 6.45) is 3.36. The maximum absolute atomic E-state index is 14.2. The maximum atomic E-state index is 14.2. The van der Waals surface area contributed by atoms with Crippen molar-refractivity contribution in [3.8, 4) is 0 Å². The zero-order valence-electron chi connectivity index (χ0n) is 23.2. The lowest BCUT2D eigenvalue weighted by Gasteiger charge is -2.47. The zero-order valence-corrected chi connectivity index (χ0v) is 24.0. The van der Waals surface area contributed by atoms with Crippen molar-refractivity contribution in [3.63, 3.8) is 0 Å². The van der Waals surface area contributed by atoms with Gasteiger partial charge in [0.05, 0.1) is 36.0 Å². The molecular weight excluding hydrogens is 535 g/mol. The highest BCUT2D eigenvalue weighted by atomic mass is 35.5. The van der Waals surface area contributed by atoms with Crippen molar-refractivity contribution in [2.75, 3.05) is 43.1 Å². The summed E-state index contributed by atoms with van der Waals surface area (Å²) in [4.78, 5) is 45.1. The molecule has 2 aliphatic rings. The number of rotatable bonds is 5. The number of amides is 1. The second-order valence-corrected chi connectivity index (χ2v) is 11.9. The van der Waals surface area contributed by atoms with E-state index in [-0.39, 0.29) is 29.0 Å². The average Bonchev–Trinajstić information content (AvgIpc) is 3.19. The third-order valence-corrected chi connectivity index (χ3v) is 7.80. The molecule has 1 aromatic carbocycles. The number of hydrogen-bond acceptors (Lipinski definition) is 8. The highest BCUT2D eigenvalue weighted by Crippen LogP contribution is 2.42. The fraction of sp³-hybridized carbons (Fsp3) is 0.414. The van der Waals surface area contributed by atoms with Gasteiger partial charge < -0.3 is 19.4 Å². The van der Waals surface area contributed by atoms with Crippen molar-refractivity contribution in [1.82, 2.24) is 19.9 Å². The molecule has 1 amide bonds. The van der Waals surface area contributed by atoms with Crippen LogP contribution in [0.15, 0.2) is 42.7 Å². The van der Waals surface area contributed by atoms with Gasteiger partial charge >= 0.3 is 5.97 Å². The van der Waals surface area contributed by atoms with Crippen molar-refractivity contribution >= 4 is 40.8 Å². The highest BCUT2D eigenvalue weighted by molar-refractivity contribution is 6.30. The number of methoxy groups -OCH3 is 1. The number of carbonyl (C=O) groups is 2. The summed E-state index contributed by atoms with van der Waals surface area (Å²) in [5.41, 5.74) is 1.47. The number of piperazine rings is 1. The monoisotopic (exact) mass is 566 g/mol. The molecule has 2 aliphatic heterocycles. The molecule has 0 aliphatic carbocycles. The van der Waals surface area contributed by atoms with Crippen LogP contribution in [0.4, 0.5) is 21.7 Å². The lowest BCUT2D eigenvalue weighted by atomic mass is 9.92. The first-order chi connectivity index (χ1) is 18.9. The lowest BCUT2D eigenvalue weighted by Crippen LogP contribution is -2.61. The van der Waals surface area contributed by atoms with Crippen molar-refractivity contribution in [2.24, 2.45) is 0 Å². The van der Waals surface area contributed by atoms with Crippen LogP contribution in [0.25, 0.3) is 0 Å². The third-order valence-electron chi connectivity index (χ3n) is 7.49. The number of esters is 1. The van der Waals surface area contributed by atoms with Crippen LogP contribution in [0.2, 0.25) is 5.02 Å². The first-order valence-electron chi connectivity index (χ1n) is 13.1. The van der Waals surface area contributed by atoms with Gasteiger partial charge in [-0.2, -0.15) is 0 Å². The Morgan fingerprint density at radius 3 is 2.48 bits per heavy atom. The van der Waals surface area contributed by atoms with Gasteiger partial charge in [-0.25, -0.2) is 19.3 Å². The normalized spacial score (nSPS) is 17.5. The largest absolute Gasteiger partial charge is 0.469 e. The van der Waals surface area contributed by atoms with Gasteiger partial charge in [0.1, 0.15) is 17.3 Å². The summed E-state index contributed by atoms with van der Waals surface area (Å²) >= 11 is 5.88. The molecule has 9 nitrogen and oxygen atoms in total. The Hall–Kier alpha value is -3.79. The Kier molecular flexibility index (Phi) is 7.16. The second kappa shape index (κ2) is 10.3. The number of pyridine rings is 1. The molecule has 3 aromatic rings. The number of aromatic nitrogens is 3. The van der Waals surface area contributed by atoms with E-state index in [4.69, 9.17) is 21.3 Å². The molecule has 0 spiro atoms. The average molecular weight is 567 g/mol. The minimum atomic E-state index is -0.509. The molecule has 0 saturated carbocycles. The van der Waals surface area contributed by atoms with E-state index in [1.54, 1.807) is 12.3 Å². The van der Waals surface area contributed by atoms with Gasteiger partial charge in [-0.05, 0) is 43.7 Å². The van der Waals surface area contributed by atoms with Gasteiger partial charge in [-0.15, -0.1) is 0 Å². The van der Waals surface area contributed by atoms with E-state index in [1.165, 1.54) is 25.4 Å². The molecule has 5 rings (SSSR count). The summed E-state index contributed by atoms with van der Waals surface area (Å²) in [6.45, 7) is 10.3. The number of benzene rings is 1. The molecular formula is C29H32ClFN6O3. The predicted molar refractivity (Wildman–Crippen MR) is 151 cm³/mol. The molecule has 4 heterocycles. The molecule has 0 radical (unpaired) electrons. The van der Waals surface area contributed by atoms with Crippen LogP contribution in [-0.4, -0.2) is 70.6 Å². The van der Waals surface area contributed by atoms with Crippen molar-refractivity contribution in [1.29, 1.82) is 0 Å². The van der Waals surface area contributed by atoms with Gasteiger partial charge in [-0.3, -0.25) is 9.59 Å². The topological polar surface area (TPSA) is 91.8 Å². The highest BCUT2D eigenvalue weighted by Gasteiger charge is 2.42. The van der Waals surface area contributed by atoms with Gasteiger partial charge in [0.2, 0.25) is 0 Å². The number of halogens is 2. The Morgan fingerprint density at radius 2 is 1.82 bits per heavy atom. The van der Waals surface area contributed by atoms with Gasteiger partial charge in [0.25, 0.3) is 5.91 Å². The van der Waals surface area contributed by atoms with Crippen molar-refractivity contribution in [2.45, 2.75) is 45.1 Å². The minimum absolute atomic E-state index is 0.0588. The smallest absolute Gasteiger partial charge is 0.310 e. The zero-order chi connectivity index (χ0) is 28.8. The molecule has 1 saturated heterocycles. The fourth-order valence-electron chi connectivity index (χ4n) is 5.36. The van der Waals surface area contributed by atoms with Crippen LogP contribution in [0.3, 0.4) is 0 Å². The number of anilines is 3. The molecule has 0 N–H and O–H groups in total. The SMILES string of the molecule is COC(=O)Cc1ccc(N2CCN(C(=O)c3cnc4c(n3)C(C)(C)CN4c3ccc(Cl)c(F)c3)C(C)(C)C2)nc1. The molecule has 2 aromatic heterocycles. The summed E-state index contributed by atoms with van der Waals surface area (Å²) in [7, 11) is 1.36. The van der Waals surface area contributed by atoms with Crippen LogP contribution in [0.1, 0.15) is 49.4 Å². The van der Waals surface area contributed by atoms with Crippen LogP contribution >= 0.6 is 11.6 Å². The first-order valence-corrected chi connectivity index (χ1v) is 13.5. The second-order valence-electron chi connectivity index (χ2n) is 11.5. The fourth-order valence-corrected chi connectivity index (χ4v) is 5.48. The van der Waals surface area contributed by atoms with E-state index in [0.29, 0.717) is 43.4 Å². The van der Waals surface area contributed by atoms with E-state index in [0.717, 1.165) is 11.4 Å². The number of carbonyl (C=O) groups excluding carboxylic acids is 2. The number of fused-ring (bicyclic) bond motifs is 1. The van der Waals surface area contributed by atoms with Crippen molar-refractivity contribution in [3.05, 3.63) is 70.5 Å². The van der Waals surface area contributed by atoms with Gasteiger partial charge in [0.15, 0.2) is 5.82 Å². The summed E-state index contributed by atoms with van der Waals surface area (Å²) in [5.74, 6) is 0.389. The van der Waals surface area contributed by atoms with E-state index >= 15 is 0 Å². The molecule has 11 heteroatoms. The Bertz CT molecular complexity index is 1460. The lowest BCUT2D eigenvalue weighted by molar-refractivity contribution is -0.139. The van der Waals surface area contributed by atoms with Gasteiger partial charge in [0, 0.05) is 43.5 Å². The van der Waals surface area contributed by atoms with E-state index in [9.17, 15) is 14.0 Å². The minimum Gasteiger partial charge on any atom is -0.469 e. The third kappa shape index (κ3) is 5.20. The predicted octanol–water partition coefficient (Wildman–Crippen LogP) is 4.55. The molecule has 0 bridgehead atoms. The van der Waals surface area contributed by atoms with Gasteiger partial charge in [-0.1, -0.05) is 31.5 Å². The molecule has 0 unspecified atom stereocenters. The van der Waals surface area contributed by atoms with Crippen LogP contribution in [0.5, 0.6) is 0 Å². The molecule has 210 valence electrons. The summed E-state index contributed by atoms with van der Waals surface area (Å²) < 4.78 is 18.9. The molecule has 1 fully saturated rings. The summed E-state index contributed by atoms with van der Waals surface area (Å²) in [5, 5.41) is 0.0588. The van der Waals surface area contributed by atoms with E-state index in [1.807, 2.05) is 49.6 Å². The maximum Gasteiger partial charge on any atom is 0.310 e. The van der Waals surface area contributed by atoms with Crippen LogP contribution in [-0.2, 0) is 21.4 Å². The Morgan fingerprint density at radius 1 is 1.05 bits per heavy atom.